The molecule has 31 heavy (non-hydrogen) atoms. The van der Waals surface area contributed by atoms with Gasteiger partial charge in [0.2, 0.25) is 5.13 Å². The van der Waals surface area contributed by atoms with E-state index in [0.29, 0.717) is 19.0 Å². The first kappa shape index (κ1) is 22.0. The lowest BCUT2D eigenvalue weighted by Crippen LogP contribution is -2.50. The van der Waals surface area contributed by atoms with E-state index in [4.69, 9.17) is 0 Å². The number of piperazine rings is 1. The Morgan fingerprint density at radius 3 is 2.58 bits per heavy atom. The second kappa shape index (κ2) is 10.9. The van der Waals surface area contributed by atoms with Gasteiger partial charge in [-0.1, -0.05) is 31.4 Å². The summed E-state index contributed by atoms with van der Waals surface area (Å²) >= 11 is 1.42. The van der Waals surface area contributed by atoms with E-state index >= 15 is 0 Å². The normalized spacial score (nSPS) is 18.2. The molecule has 2 heterocycles. The number of carbonyl (C=O) groups is 1. The number of carbonyl (C=O) groups excluding carboxylic acids is 1. The molecular formula is C22H31FN6OS. The molecule has 2 aliphatic rings. The zero-order valence-corrected chi connectivity index (χ0v) is 18.7. The highest BCUT2D eigenvalue weighted by Gasteiger charge is 2.20. The first-order valence-electron chi connectivity index (χ1n) is 11.2. The minimum absolute atomic E-state index is 0.0342. The molecule has 1 saturated heterocycles. The van der Waals surface area contributed by atoms with Crippen LogP contribution in [0.3, 0.4) is 0 Å². The Morgan fingerprint density at radius 1 is 1.10 bits per heavy atom. The molecule has 2 aromatic rings. The fourth-order valence-corrected chi connectivity index (χ4v) is 4.94. The van der Waals surface area contributed by atoms with Crippen LogP contribution in [0.2, 0.25) is 0 Å². The fraction of sp³-hybridized carbons (Fsp3) is 0.591. The smallest absolute Gasteiger partial charge is 0.315 e. The van der Waals surface area contributed by atoms with E-state index in [1.165, 1.54) is 42.9 Å². The molecule has 2 N–H and O–H groups in total. The molecule has 168 valence electrons. The maximum Gasteiger partial charge on any atom is 0.315 e. The number of nitrogens with zero attached hydrogens (tertiary/aromatic N) is 4. The van der Waals surface area contributed by atoms with Gasteiger partial charge in [0.1, 0.15) is 11.6 Å². The van der Waals surface area contributed by atoms with Gasteiger partial charge >= 0.3 is 6.03 Å². The Hall–Kier alpha value is -2.26. The minimum Gasteiger partial charge on any atom is -0.344 e. The lowest BCUT2D eigenvalue weighted by Gasteiger charge is -2.34. The molecule has 1 aromatic carbocycles. The largest absolute Gasteiger partial charge is 0.344 e. The van der Waals surface area contributed by atoms with Gasteiger partial charge in [-0.25, -0.2) is 14.2 Å². The summed E-state index contributed by atoms with van der Waals surface area (Å²) in [7, 11) is 0. The van der Waals surface area contributed by atoms with Gasteiger partial charge < -0.3 is 15.5 Å². The minimum atomic E-state index is -0.228. The molecule has 9 heteroatoms. The predicted octanol–water partition coefficient (Wildman–Crippen LogP) is 3.02. The van der Waals surface area contributed by atoms with Crippen molar-refractivity contribution in [3.63, 3.8) is 0 Å². The molecule has 0 radical (unpaired) electrons. The molecule has 0 atom stereocenters. The number of urea groups is 1. The first-order chi connectivity index (χ1) is 15.2. The van der Waals surface area contributed by atoms with Crippen LogP contribution in [0.25, 0.3) is 0 Å². The van der Waals surface area contributed by atoms with Gasteiger partial charge in [0.15, 0.2) is 0 Å². The second-order valence-corrected chi connectivity index (χ2v) is 9.09. The maximum absolute atomic E-state index is 13.1. The molecule has 1 aromatic heterocycles. The van der Waals surface area contributed by atoms with E-state index in [2.05, 4.69) is 29.8 Å². The van der Waals surface area contributed by atoms with Crippen LogP contribution in [0, 0.1) is 5.82 Å². The van der Waals surface area contributed by atoms with E-state index in [-0.39, 0.29) is 11.8 Å². The monoisotopic (exact) mass is 446 g/mol. The molecule has 4 rings (SSSR count). The summed E-state index contributed by atoms with van der Waals surface area (Å²) in [6.45, 7) is 5.22. The van der Waals surface area contributed by atoms with Crippen LogP contribution in [0.4, 0.5) is 14.3 Å². The van der Waals surface area contributed by atoms with Crippen LogP contribution in [0.1, 0.15) is 43.5 Å². The van der Waals surface area contributed by atoms with E-state index in [1.807, 2.05) is 0 Å². The Morgan fingerprint density at radius 2 is 1.84 bits per heavy atom. The summed E-state index contributed by atoms with van der Waals surface area (Å²) in [6, 6.07) is 6.80. The van der Waals surface area contributed by atoms with Crippen molar-refractivity contribution in [1.29, 1.82) is 0 Å². The lowest BCUT2D eigenvalue weighted by molar-refractivity contribution is 0.225. The van der Waals surface area contributed by atoms with Crippen molar-refractivity contribution >= 4 is 22.7 Å². The van der Waals surface area contributed by atoms with Crippen molar-refractivity contribution in [2.45, 2.75) is 44.6 Å². The molecule has 1 saturated carbocycles. The van der Waals surface area contributed by atoms with Gasteiger partial charge in [-0.2, -0.15) is 4.37 Å². The second-order valence-electron chi connectivity index (χ2n) is 8.36. The van der Waals surface area contributed by atoms with Crippen molar-refractivity contribution in [2.24, 2.45) is 0 Å². The lowest BCUT2D eigenvalue weighted by atomic mass is 9.96. The maximum atomic E-state index is 13.1. The van der Waals surface area contributed by atoms with Crippen molar-refractivity contribution in [3.05, 3.63) is 41.5 Å². The highest BCUT2D eigenvalue weighted by Crippen LogP contribution is 2.20. The summed E-state index contributed by atoms with van der Waals surface area (Å²) in [5.74, 6) is 0.552. The van der Waals surface area contributed by atoms with Crippen molar-refractivity contribution in [1.82, 2.24) is 24.9 Å². The summed E-state index contributed by atoms with van der Waals surface area (Å²) < 4.78 is 17.5. The summed E-state index contributed by atoms with van der Waals surface area (Å²) in [5, 5.41) is 7.05. The zero-order chi connectivity index (χ0) is 21.5. The van der Waals surface area contributed by atoms with Crippen LogP contribution in [0.5, 0.6) is 0 Å². The Bertz CT molecular complexity index is 831. The number of aromatic nitrogens is 2. The summed E-state index contributed by atoms with van der Waals surface area (Å²) in [5.41, 5.74) is 1.01. The van der Waals surface area contributed by atoms with Crippen LogP contribution in [-0.2, 0) is 6.42 Å². The number of benzene rings is 1. The quantitative estimate of drug-likeness (QED) is 0.684. The standard InChI is InChI=1S/C22H31FN6OS/c23-18-8-6-17(7-9-18)16-20-26-22(31-27-20)29-14-12-28(13-15-29)11-10-24-21(30)25-19-4-2-1-3-5-19/h6-9,19H,1-5,10-16H2,(H2,24,25,30). The van der Waals surface area contributed by atoms with E-state index in [9.17, 15) is 9.18 Å². The topological polar surface area (TPSA) is 73.4 Å². The highest BCUT2D eigenvalue weighted by atomic mass is 32.1. The van der Waals surface area contributed by atoms with Crippen LogP contribution >= 0.6 is 11.5 Å². The molecule has 7 nitrogen and oxygen atoms in total. The first-order valence-corrected chi connectivity index (χ1v) is 12.0. The van der Waals surface area contributed by atoms with Crippen LogP contribution in [-0.4, -0.2) is 65.6 Å². The average Bonchev–Trinajstić information content (AvgIpc) is 3.25. The molecule has 1 aliphatic heterocycles. The predicted molar refractivity (Wildman–Crippen MR) is 121 cm³/mol. The number of nitrogens with one attached hydrogen (secondary N) is 2. The average molecular weight is 447 g/mol. The Balaban J connectivity index is 1.15. The molecule has 0 unspecified atom stereocenters. The van der Waals surface area contributed by atoms with E-state index in [0.717, 1.165) is 62.1 Å². The molecule has 0 spiro atoms. The van der Waals surface area contributed by atoms with Gasteiger partial charge in [-0.15, -0.1) is 0 Å². The number of hydrogen-bond acceptors (Lipinski definition) is 6. The van der Waals surface area contributed by atoms with Gasteiger partial charge in [0.25, 0.3) is 0 Å². The van der Waals surface area contributed by atoms with Crippen molar-refractivity contribution in [3.8, 4) is 0 Å². The number of anilines is 1. The van der Waals surface area contributed by atoms with Crippen molar-refractivity contribution in [2.75, 3.05) is 44.2 Å². The van der Waals surface area contributed by atoms with Gasteiger partial charge in [0.05, 0.1) is 0 Å². The Kier molecular flexibility index (Phi) is 7.69. The van der Waals surface area contributed by atoms with Gasteiger partial charge in [-0.05, 0) is 30.5 Å². The number of halogens is 1. The van der Waals surface area contributed by atoms with E-state index in [1.54, 1.807) is 12.1 Å². The summed E-state index contributed by atoms with van der Waals surface area (Å²) in [4.78, 5) is 21.4. The third-order valence-corrected chi connectivity index (χ3v) is 6.84. The molecule has 0 bridgehead atoms. The molecular weight excluding hydrogens is 415 g/mol. The SMILES string of the molecule is O=C(NCCN1CCN(c2nc(Cc3ccc(F)cc3)ns2)CC1)NC1CCCCC1. The number of hydrogen-bond donors (Lipinski definition) is 2. The number of rotatable bonds is 7. The van der Waals surface area contributed by atoms with Crippen LogP contribution in [0.15, 0.2) is 24.3 Å². The van der Waals surface area contributed by atoms with Gasteiger partial charge in [0, 0.05) is 63.3 Å². The molecule has 2 fully saturated rings. The van der Waals surface area contributed by atoms with Crippen molar-refractivity contribution < 1.29 is 9.18 Å². The number of amides is 2. The van der Waals surface area contributed by atoms with Crippen LogP contribution < -0.4 is 15.5 Å². The van der Waals surface area contributed by atoms with Gasteiger partial charge in [-0.3, -0.25) is 4.90 Å². The third kappa shape index (κ3) is 6.61. The zero-order valence-electron chi connectivity index (χ0n) is 17.9. The third-order valence-electron chi connectivity index (χ3n) is 6.03. The highest BCUT2D eigenvalue weighted by molar-refractivity contribution is 7.09. The van der Waals surface area contributed by atoms with E-state index < -0.39 is 0 Å². The molecule has 2 amide bonds. The fourth-order valence-electron chi connectivity index (χ4n) is 4.20. The summed E-state index contributed by atoms with van der Waals surface area (Å²) in [6.07, 6.45) is 6.55. The Labute approximate surface area is 187 Å². The molecule has 1 aliphatic carbocycles.